The lowest BCUT2D eigenvalue weighted by atomic mass is 10.1. The number of hydrogen-bond donors (Lipinski definition) is 1. The largest absolute Gasteiger partial charge is 0.323 e. The van der Waals surface area contributed by atoms with Crippen molar-refractivity contribution in [3.63, 3.8) is 0 Å². The molecule has 0 aliphatic rings. The van der Waals surface area contributed by atoms with Crippen LogP contribution in [-0.4, -0.2) is 25.9 Å². The minimum atomic E-state index is 0.0556. The second-order valence-electron chi connectivity index (χ2n) is 5.89. The van der Waals surface area contributed by atoms with E-state index in [9.17, 15) is 4.79 Å². The Hall–Kier alpha value is -2.89. The predicted molar refractivity (Wildman–Crippen MR) is 93.6 cm³/mol. The zero-order valence-corrected chi connectivity index (χ0v) is 13.9. The maximum atomic E-state index is 11.8. The van der Waals surface area contributed by atoms with Crippen LogP contribution in [0.25, 0.3) is 11.0 Å². The molecule has 1 N–H and O–H groups in total. The van der Waals surface area contributed by atoms with Gasteiger partial charge >= 0.3 is 0 Å². The molecule has 0 aromatic carbocycles. The molecule has 24 heavy (non-hydrogen) atoms. The Bertz CT molecular complexity index is 891. The number of aromatic nitrogens is 4. The second kappa shape index (κ2) is 6.70. The molecule has 0 saturated carbocycles. The summed E-state index contributed by atoms with van der Waals surface area (Å²) in [6, 6.07) is 7.43. The fourth-order valence-electron chi connectivity index (χ4n) is 2.32. The van der Waals surface area contributed by atoms with Crippen LogP contribution in [0.5, 0.6) is 0 Å². The molecular weight excluding hydrogens is 302 g/mol. The van der Waals surface area contributed by atoms with Crippen LogP contribution in [0.4, 0.5) is 11.6 Å². The molecule has 3 aromatic heterocycles. The highest BCUT2D eigenvalue weighted by Gasteiger charge is 2.08. The average Bonchev–Trinajstić information content (AvgIpc) is 2.60. The molecule has 3 heterocycles. The third kappa shape index (κ3) is 3.37. The van der Waals surface area contributed by atoms with E-state index in [1.165, 1.54) is 0 Å². The Morgan fingerprint density at radius 2 is 1.96 bits per heavy atom. The average molecular weight is 321 g/mol. The van der Waals surface area contributed by atoms with Crippen LogP contribution < -0.4 is 5.32 Å². The van der Waals surface area contributed by atoms with Crippen molar-refractivity contribution < 1.29 is 4.79 Å². The van der Waals surface area contributed by atoms with Crippen molar-refractivity contribution in [3.05, 3.63) is 47.8 Å². The van der Waals surface area contributed by atoms with E-state index < -0.39 is 0 Å². The van der Waals surface area contributed by atoms with Crippen LogP contribution >= 0.6 is 0 Å². The molecule has 3 aromatic rings. The molecule has 0 bridgehead atoms. The molecule has 122 valence electrons. The fourth-order valence-corrected chi connectivity index (χ4v) is 2.32. The highest BCUT2D eigenvalue weighted by molar-refractivity contribution is 5.98. The highest BCUT2D eigenvalue weighted by atomic mass is 16.1. The maximum absolute atomic E-state index is 11.8. The van der Waals surface area contributed by atoms with Gasteiger partial charge in [0, 0.05) is 18.2 Å². The Morgan fingerprint density at radius 3 is 2.71 bits per heavy atom. The molecule has 0 fully saturated rings. The van der Waals surface area contributed by atoms with E-state index in [0.717, 1.165) is 11.1 Å². The first-order valence-corrected chi connectivity index (χ1v) is 7.96. The van der Waals surface area contributed by atoms with Gasteiger partial charge in [0.05, 0.1) is 17.2 Å². The van der Waals surface area contributed by atoms with Gasteiger partial charge in [-0.1, -0.05) is 20.8 Å². The van der Waals surface area contributed by atoms with Crippen molar-refractivity contribution in [2.45, 2.75) is 33.1 Å². The summed E-state index contributed by atoms with van der Waals surface area (Å²) in [4.78, 5) is 20.7. The molecule has 0 aliphatic heterocycles. The molecule has 0 radical (unpaired) electrons. The van der Waals surface area contributed by atoms with Crippen molar-refractivity contribution >= 4 is 28.5 Å². The lowest BCUT2D eigenvalue weighted by molar-refractivity contribution is 0.0988. The second-order valence-corrected chi connectivity index (χ2v) is 5.89. The highest BCUT2D eigenvalue weighted by Crippen LogP contribution is 2.20. The van der Waals surface area contributed by atoms with Crippen LogP contribution in [-0.2, 0) is 0 Å². The van der Waals surface area contributed by atoms with Crippen molar-refractivity contribution in [2.24, 2.45) is 0 Å². The SMILES string of the molecule is CCC(=O)c1cnc2ccc(Nc3cc(C(C)C)cnn3)nc2c1. The Morgan fingerprint density at radius 1 is 1.12 bits per heavy atom. The number of nitrogens with one attached hydrogen (secondary N) is 1. The van der Waals surface area contributed by atoms with Crippen molar-refractivity contribution in [1.29, 1.82) is 0 Å². The van der Waals surface area contributed by atoms with Crippen LogP contribution in [0.2, 0.25) is 0 Å². The summed E-state index contributed by atoms with van der Waals surface area (Å²) in [5, 5.41) is 11.3. The number of carbonyl (C=O) groups excluding carboxylic acids is 1. The van der Waals surface area contributed by atoms with E-state index in [1.807, 2.05) is 25.1 Å². The van der Waals surface area contributed by atoms with E-state index in [2.05, 4.69) is 39.3 Å². The van der Waals surface area contributed by atoms with Crippen molar-refractivity contribution in [3.8, 4) is 0 Å². The summed E-state index contributed by atoms with van der Waals surface area (Å²) >= 11 is 0. The molecule has 0 saturated heterocycles. The van der Waals surface area contributed by atoms with Crippen LogP contribution in [0, 0.1) is 0 Å². The molecule has 0 atom stereocenters. The molecule has 0 unspecified atom stereocenters. The van der Waals surface area contributed by atoms with Crippen LogP contribution in [0.1, 0.15) is 49.0 Å². The van der Waals surface area contributed by atoms with Gasteiger partial charge in [-0.25, -0.2) is 4.98 Å². The number of anilines is 2. The summed E-state index contributed by atoms with van der Waals surface area (Å²) in [6.45, 7) is 6.04. The standard InChI is InChI=1S/C18H19N5O/c1-4-16(24)13-7-15-14(19-9-13)5-6-17(21-15)22-18-8-12(11(2)3)10-20-23-18/h5-11H,4H2,1-3H3,(H,21,22,23). The summed E-state index contributed by atoms with van der Waals surface area (Å²) in [7, 11) is 0. The van der Waals surface area contributed by atoms with Gasteiger partial charge in [0.1, 0.15) is 5.82 Å². The van der Waals surface area contributed by atoms with Gasteiger partial charge in [0.15, 0.2) is 11.6 Å². The van der Waals surface area contributed by atoms with Gasteiger partial charge in [-0.3, -0.25) is 9.78 Å². The smallest absolute Gasteiger partial charge is 0.164 e. The normalized spacial score (nSPS) is 11.0. The number of pyridine rings is 2. The molecule has 6 nitrogen and oxygen atoms in total. The molecule has 3 rings (SSSR count). The number of fused-ring (bicyclic) bond motifs is 1. The van der Waals surface area contributed by atoms with Crippen molar-refractivity contribution in [2.75, 3.05) is 5.32 Å². The topological polar surface area (TPSA) is 80.7 Å². The monoisotopic (exact) mass is 321 g/mol. The number of ketones is 1. The summed E-state index contributed by atoms with van der Waals surface area (Å²) < 4.78 is 0. The fraction of sp³-hybridized carbons (Fsp3) is 0.278. The number of nitrogens with zero attached hydrogens (tertiary/aromatic N) is 4. The first-order chi connectivity index (χ1) is 11.6. The molecule has 0 amide bonds. The van der Waals surface area contributed by atoms with E-state index in [0.29, 0.717) is 35.1 Å². The number of carbonyl (C=O) groups is 1. The van der Waals surface area contributed by atoms with Gasteiger partial charge in [-0.15, -0.1) is 5.10 Å². The van der Waals surface area contributed by atoms with Crippen molar-refractivity contribution in [1.82, 2.24) is 20.2 Å². The van der Waals surface area contributed by atoms with E-state index in [4.69, 9.17) is 0 Å². The van der Waals surface area contributed by atoms with E-state index >= 15 is 0 Å². The zero-order valence-electron chi connectivity index (χ0n) is 13.9. The van der Waals surface area contributed by atoms with Gasteiger partial charge in [0.25, 0.3) is 0 Å². The lowest BCUT2D eigenvalue weighted by Gasteiger charge is -2.08. The lowest BCUT2D eigenvalue weighted by Crippen LogP contribution is -2.01. The van der Waals surface area contributed by atoms with Crippen LogP contribution in [0.15, 0.2) is 36.7 Å². The summed E-state index contributed by atoms with van der Waals surface area (Å²) in [6.07, 6.45) is 3.81. The Kier molecular flexibility index (Phi) is 4.46. The predicted octanol–water partition coefficient (Wildman–Crippen LogP) is 3.88. The van der Waals surface area contributed by atoms with Gasteiger partial charge in [0.2, 0.25) is 0 Å². The Balaban J connectivity index is 1.92. The summed E-state index contributed by atoms with van der Waals surface area (Å²) in [5.41, 5.74) is 3.10. The number of hydrogen-bond acceptors (Lipinski definition) is 6. The number of rotatable bonds is 5. The molecule has 0 spiro atoms. The molecule has 6 heteroatoms. The van der Waals surface area contributed by atoms with E-state index in [-0.39, 0.29) is 5.78 Å². The van der Waals surface area contributed by atoms with E-state index in [1.54, 1.807) is 18.5 Å². The zero-order chi connectivity index (χ0) is 17.1. The molecule has 0 aliphatic carbocycles. The third-order valence-corrected chi connectivity index (χ3v) is 3.78. The maximum Gasteiger partial charge on any atom is 0.164 e. The summed E-state index contributed by atoms with van der Waals surface area (Å²) in [5.74, 6) is 1.71. The minimum Gasteiger partial charge on any atom is -0.323 e. The first-order valence-electron chi connectivity index (χ1n) is 7.96. The Labute approximate surface area is 140 Å². The third-order valence-electron chi connectivity index (χ3n) is 3.78. The number of Topliss-reactive ketones (excluding diaryl/α,β-unsaturated/α-hetero) is 1. The minimum absolute atomic E-state index is 0.0556. The molecular formula is C18H19N5O. The van der Waals surface area contributed by atoms with Gasteiger partial charge < -0.3 is 5.32 Å². The van der Waals surface area contributed by atoms with Gasteiger partial charge in [-0.05, 0) is 35.7 Å². The van der Waals surface area contributed by atoms with Crippen LogP contribution in [0.3, 0.4) is 0 Å². The first kappa shape index (κ1) is 16.0. The quantitative estimate of drug-likeness (QED) is 0.718. The van der Waals surface area contributed by atoms with Gasteiger partial charge in [-0.2, -0.15) is 5.10 Å².